The van der Waals surface area contributed by atoms with Gasteiger partial charge < -0.3 is 5.32 Å². The second-order valence-corrected chi connectivity index (χ2v) is 4.71. The van der Waals surface area contributed by atoms with Crippen LogP contribution in [0.1, 0.15) is 37.7 Å². The highest BCUT2D eigenvalue weighted by Crippen LogP contribution is 2.27. The van der Waals surface area contributed by atoms with E-state index in [0.29, 0.717) is 18.0 Å². The summed E-state index contributed by atoms with van der Waals surface area (Å²) < 4.78 is 13.1. The third-order valence-corrected chi connectivity index (χ3v) is 3.32. The van der Waals surface area contributed by atoms with Gasteiger partial charge in [0.15, 0.2) is 0 Å². The fraction of sp³-hybridized carbons (Fsp3) is 0.429. The molecule has 1 N–H and O–H groups in total. The molecule has 1 aromatic rings. The number of nitrogens with zero attached hydrogens (tertiary/aromatic N) is 1. The number of benzene rings is 1. The summed E-state index contributed by atoms with van der Waals surface area (Å²) in [5, 5.41) is 11.4. The summed E-state index contributed by atoms with van der Waals surface area (Å²) in [5.74, 6) is -0.149. The highest BCUT2D eigenvalue weighted by Gasteiger charge is 2.18. The van der Waals surface area contributed by atoms with Crippen molar-refractivity contribution >= 4 is 11.6 Å². The lowest BCUT2D eigenvalue weighted by Crippen LogP contribution is -2.15. The van der Waals surface area contributed by atoms with Crippen LogP contribution in [0.2, 0.25) is 0 Å². The van der Waals surface area contributed by atoms with E-state index in [1.807, 2.05) is 0 Å². The number of rotatable bonds is 3. The number of nitrogens with one attached hydrogen (secondary N) is 1. The zero-order valence-electron chi connectivity index (χ0n) is 10.1. The van der Waals surface area contributed by atoms with Crippen LogP contribution in [0.25, 0.3) is 0 Å². The Balaban J connectivity index is 1.96. The molecule has 18 heavy (non-hydrogen) atoms. The Morgan fingerprint density at radius 2 is 2.17 bits per heavy atom. The van der Waals surface area contributed by atoms with Gasteiger partial charge in [0.05, 0.1) is 5.56 Å². The molecule has 2 rings (SSSR count). The first kappa shape index (κ1) is 12.6. The lowest BCUT2D eigenvalue weighted by Gasteiger charge is -2.09. The van der Waals surface area contributed by atoms with E-state index in [2.05, 4.69) is 5.32 Å². The third kappa shape index (κ3) is 3.07. The Kier molecular flexibility index (Phi) is 3.93. The lowest BCUT2D eigenvalue weighted by molar-refractivity contribution is -0.117. The number of amides is 1. The number of carbonyl (C=O) groups is 1. The number of carbonyl (C=O) groups excluding carboxylic acids is 1. The minimum atomic E-state index is -0.564. The molecule has 94 valence electrons. The van der Waals surface area contributed by atoms with Gasteiger partial charge in [-0.05, 0) is 37.0 Å². The lowest BCUT2D eigenvalue weighted by atomic mass is 10.0. The third-order valence-electron chi connectivity index (χ3n) is 3.32. The standard InChI is InChI=1S/C14H15FN2O/c15-13-6-5-12(8-11(13)9-16)17-14(18)7-10-3-1-2-4-10/h5-6,8,10H,1-4,7H2,(H,17,18). The smallest absolute Gasteiger partial charge is 0.224 e. The first-order chi connectivity index (χ1) is 8.69. The minimum absolute atomic E-state index is 0.0475. The number of anilines is 1. The molecule has 0 bridgehead atoms. The van der Waals surface area contributed by atoms with Gasteiger partial charge in [-0.1, -0.05) is 12.8 Å². The quantitative estimate of drug-likeness (QED) is 0.890. The van der Waals surface area contributed by atoms with Gasteiger partial charge in [0, 0.05) is 12.1 Å². The zero-order valence-corrected chi connectivity index (χ0v) is 10.1. The Morgan fingerprint density at radius 3 is 2.83 bits per heavy atom. The molecule has 1 amide bonds. The van der Waals surface area contributed by atoms with Crippen molar-refractivity contribution in [3.63, 3.8) is 0 Å². The summed E-state index contributed by atoms with van der Waals surface area (Å²) in [6.45, 7) is 0. The molecule has 3 nitrogen and oxygen atoms in total. The Hall–Kier alpha value is -1.89. The summed E-state index contributed by atoms with van der Waals surface area (Å²) in [5.41, 5.74) is 0.435. The Bertz CT molecular complexity index is 487. The second kappa shape index (κ2) is 5.63. The Morgan fingerprint density at radius 1 is 1.44 bits per heavy atom. The van der Waals surface area contributed by atoms with Crippen molar-refractivity contribution < 1.29 is 9.18 Å². The molecule has 1 aliphatic carbocycles. The first-order valence-electron chi connectivity index (χ1n) is 6.18. The van der Waals surface area contributed by atoms with Crippen molar-refractivity contribution in [2.24, 2.45) is 5.92 Å². The zero-order chi connectivity index (χ0) is 13.0. The second-order valence-electron chi connectivity index (χ2n) is 4.71. The first-order valence-corrected chi connectivity index (χ1v) is 6.18. The normalized spacial score (nSPS) is 15.3. The molecule has 1 saturated carbocycles. The van der Waals surface area contributed by atoms with E-state index < -0.39 is 5.82 Å². The molecule has 0 unspecified atom stereocenters. The van der Waals surface area contributed by atoms with Crippen LogP contribution in [-0.4, -0.2) is 5.91 Å². The van der Waals surface area contributed by atoms with Crippen molar-refractivity contribution in [1.29, 1.82) is 5.26 Å². The summed E-state index contributed by atoms with van der Waals surface area (Å²) in [6.07, 6.45) is 5.14. The van der Waals surface area contributed by atoms with Gasteiger partial charge >= 0.3 is 0 Å². The monoisotopic (exact) mass is 246 g/mol. The average molecular weight is 246 g/mol. The summed E-state index contributed by atoms with van der Waals surface area (Å²) >= 11 is 0. The van der Waals surface area contributed by atoms with Crippen molar-refractivity contribution in [3.8, 4) is 6.07 Å². The van der Waals surface area contributed by atoms with E-state index in [4.69, 9.17) is 5.26 Å². The topological polar surface area (TPSA) is 52.9 Å². The predicted molar refractivity (Wildman–Crippen MR) is 66.3 cm³/mol. The highest BCUT2D eigenvalue weighted by atomic mass is 19.1. The minimum Gasteiger partial charge on any atom is -0.326 e. The van der Waals surface area contributed by atoms with Gasteiger partial charge in [0.25, 0.3) is 0 Å². The molecule has 0 aliphatic heterocycles. The van der Waals surface area contributed by atoms with E-state index in [1.54, 1.807) is 6.07 Å². The summed E-state index contributed by atoms with van der Waals surface area (Å²) in [7, 11) is 0. The number of nitriles is 1. The van der Waals surface area contributed by atoms with Crippen molar-refractivity contribution in [3.05, 3.63) is 29.6 Å². The van der Waals surface area contributed by atoms with Crippen LogP contribution in [0.3, 0.4) is 0 Å². The van der Waals surface area contributed by atoms with E-state index in [0.717, 1.165) is 12.8 Å². The van der Waals surface area contributed by atoms with Gasteiger partial charge in [-0.25, -0.2) is 4.39 Å². The average Bonchev–Trinajstić information content (AvgIpc) is 2.84. The summed E-state index contributed by atoms with van der Waals surface area (Å²) in [6, 6.07) is 5.79. The van der Waals surface area contributed by atoms with Crippen molar-refractivity contribution in [2.45, 2.75) is 32.1 Å². The van der Waals surface area contributed by atoms with Crippen LogP contribution in [0.5, 0.6) is 0 Å². The van der Waals surface area contributed by atoms with Gasteiger partial charge in [0.2, 0.25) is 5.91 Å². The van der Waals surface area contributed by atoms with Gasteiger partial charge in [-0.3, -0.25) is 4.79 Å². The van der Waals surface area contributed by atoms with Gasteiger partial charge in [-0.2, -0.15) is 5.26 Å². The molecule has 1 fully saturated rings. The van der Waals surface area contributed by atoms with Crippen LogP contribution in [0.15, 0.2) is 18.2 Å². The van der Waals surface area contributed by atoms with Crippen molar-refractivity contribution in [2.75, 3.05) is 5.32 Å². The molecule has 0 saturated heterocycles. The van der Waals surface area contributed by atoms with Crippen LogP contribution in [0.4, 0.5) is 10.1 Å². The maximum atomic E-state index is 13.1. The molecule has 1 aromatic carbocycles. The molecule has 1 aliphatic rings. The van der Waals surface area contributed by atoms with Crippen LogP contribution >= 0.6 is 0 Å². The molecular weight excluding hydrogens is 231 g/mol. The van der Waals surface area contributed by atoms with E-state index in [-0.39, 0.29) is 11.5 Å². The fourth-order valence-electron chi connectivity index (χ4n) is 2.38. The maximum absolute atomic E-state index is 13.1. The van der Waals surface area contributed by atoms with Crippen molar-refractivity contribution in [1.82, 2.24) is 0 Å². The fourth-order valence-corrected chi connectivity index (χ4v) is 2.38. The molecule has 0 radical (unpaired) electrons. The number of hydrogen-bond donors (Lipinski definition) is 1. The van der Waals surface area contributed by atoms with Gasteiger partial charge in [-0.15, -0.1) is 0 Å². The molecule has 0 atom stereocenters. The van der Waals surface area contributed by atoms with E-state index in [9.17, 15) is 9.18 Å². The van der Waals surface area contributed by atoms with E-state index >= 15 is 0 Å². The van der Waals surface area contributed by atoms with Crippen LogP contribution in [0, 0.1) is 23.1 Å². The van der Waals surface area contributed by atoms with Gasteiger partial charge in [0.1, 0.15) is 11.9 Å². The highest BCUT2D eigenvalue weighted by molar-refractivity contribution is 5.91. The predicted octanol–water partition coefficient (Wildman–Crippen LogP) is 3.22. The molecule has 0 aromatic heterocycles. The van der Waals surface area contributed by atoms with Crippen LogP contribution < -0.4 is 5.32 Å². The SMILES string of the molecule is N#Cc1cc(NC(=O)CC2CCCC2)ccc1F. The molecule has 4 heteroatoms. The van der Waals surface area contributed by atoms with Crippen LogP contribution in [-0.2, 0) is 4.79 Å². The maximum Gasteiger partial charge on any atom is 0.224 e. The van der Waals surface area contributed by atoms with E-state index in [1.165, 1.54) is 31.0 Å². The summed E-state index contributed by atoms with van der Waals surface area (Å²) in [4.78, 5) is 11.8. The molecular formula is C14H15FN2O. The number of halogens is 1. The largest absolute Gasteiger partial charge is 0.326 e. The molecule has 0 heterocycles. The molecule has 0 spiro atoms. The number of hydrogen-bond acceptors (Lipinski definition) is 2. The Labute approximate surface area is 106 Å².